The monoisotopic (exact) mass is 241 g/mol. The van der Waals surface area contributed by atoms with E-state index in [4.69, 9.17) is 9.66 Å². The van der Waals surface area contributed by atoms with Gasteiger partial charge in [-0.05, 0) is 12.1 Å². The van der Waals surface area contributed by atoms with E-state index in [1.54, 1.807) is 12.1 Å². The van der Waals surface area contributed by atoms with Crippen molar-refractivity contribution in [2.24, 2.45) is 0 Å². The molecule has 4 nitrogen and oxygen atoms in total. The Balaban J connectivity index is 0.000000310. The third kappa shape index (κ3) is 7.86. The SMILES string of the molecule is O=C(O)c1ccccn1.[O-][S+](Cl)Cl. The first-order valence-electron chi connectivity index (χ1n) is 2.92. The Kier molecular flexibility index (Phi) is 6.70. The molecule has 0 spiro atoms. The molecule has 0 fully saturated rings. The fraction of sp³-hybridized carbons (Fsp3) is 0. The highest BCUT2D eigenvalue weighted by molar-refractivity contribution is 8.31. The Morgan fingerprint density at radius 1 is 1.54 bits per heavy atom. The number of hydrogen-bond acceptors (Lipinski definition) is 3. The zero-order valence-electron chi connectivity index (χ0n) is 6.18. The number of aromatic nitrogens is 1. The Morgan fingerprint density at radius 3 is 2.31 bits per heavy atom. The quantitative estimate of drug-likeness (QED) is 0.762. The van der Waals surface area contributed by atoms with Crippen molar-refractivity contribution in [2.45, 2.75) is 0 Å². The summed E-state index contributed by atoms with van der Waals surface area (Å²) in [7, 11) is 7.36. The molecule has 1 aromatic rings. The molecular weight excluding hydrogens is 237 g/mol. The molecule has 0 atom stereocenters. The lowest BCUT2D eigenvalue weighted by Crippen LogP contribution is -1.97. The van der Waals surface area contributed by atoms with E-state index in [1.165, 1.54) is 12.3 Å². The molecule has 0 amide bonds. The summed E-state index contributed by atoms with van der Waals surface area (Å²) < 4.78 is 9.09. The molecule has 13 heavy (non-hydrogen) atoms. The van der Waals surface area contributed by atoms with Crippen LogP contribution in [0.1, 0.15) is 10.5 Å². The van der Waals surface area contributed by atoms with Crippen molar-refractivity contribution in [1.82, 2.24) is 4.98 Å². The van der Waals surface area contributed by atoms with Crippen LogP contribution >= 0.6 is 21.4 Å². The molecule has 7 heteroatoms. The first kappa shape index (κ1) is 12.5. The van der Waals surface area contributed by atoms with E-state index in [0.717, 1.165) is 0 Å². The number of rotatable bonds is 1. The van der Waals surface area contributed by atoms with Crippen LogP contribution in [0.2, 0.25) is 0 Å². The van der Waals surface area contributed by atoms with Crippen LogP contribution in [-0.4, -0.2) is 20.6 Å². The molecule has 72 valence electrons. The maximum Gasteiger partial charge on any atom is 0.354 e. The second-order valence-corrected chi connectivity index (χ2v) is 4.23. The van der Waals surface area contributed by atoms with Gasteiger partial charge >= 0.3 is 5.97 Å². The number of hydrogen-bond donors (Lipinski definition) is 1. The zero-order chi connectivity index (χ0) is 10.3. The van der Waals surface area contributed by atoms with Crippen molar-refractivity contribution in [3.05, 3.63) is 30.1 Å². The van der Waals surface area contributed by atoms with E-state index in [0.29, 0.717) is 0 Å². The van der Waals surface area contributed by atoms with Crippen molar-refractivity contribution in [1.29, 1.82) is 0 Å². The molecule has 0 aromatic carbocycles. The number of halogens is 2. The van der Waals surface area contributed by atoms with Gasteiger partial charge in [-0.15, -0.1) is 0 Å². The summed E-state index contributed by atoms with van der Waals surface area (Å²) >= 11 is 0. The summed E-state index contributed by atoms with van der Waals surface area (Å²) in [6.45, 7) is 0. The molecule has 1 heterocycles. The van der Waals surface area contributed by atoms with E-state index in [9.17, 15) is 4.79 Å². The van der Waals surface area contributed by atoms with Gasteiger partial charge in [0.2, 0.25) is 0 Å². The summed E-state index contributed by atoms with van der Waals surface area (Å²) in [5.74, 6) is -0.990. The van der Waals surface area contributed by atoms with E-state index in [1.807, 2.05) is 0 Å². The average molecular weight is 242 g/mol. The molecule has 0 saturated heterocycles. The molecule has 0 aliphatic heterocycles. The van der Waals surface area contributed by atoms with Gasteiger partial charge in [0.25, 0.3) is 0 Å². The van der Waals surface area contributed by atoms with Crippen LogP contribution in [0.4, 0.5) is 0 Å². The highest BCUT2D eigenvalue weighted by atomic mass is 36.0. The number of nitrogens with zero attached hydrogens (tertiary/aromatic N) is 1. The summed E-state index contributed by atoms with van der Waals surface area (Å²) in [6, 6.07) is 4.76. The zero-order valence-corrected chi connectivity index (χ0v) is 8.51. The van der Waals surface area contributed by atoms with Crippen LogP contribution in [0.25, 0.3) is 0 Å². The minimum atomic E-state index is -1.67. The van der Waals surface area contributed by atoms with Gasteiger partial charge in [0.1, 0.15) is 5.69 Å². The molecule has 0 bridgehead atoms. The van der Waals surface area contributed by atoms with Crippen LogP contribution in [0.15, 0.2) is 24.4 Å². The third-order valence-electron chi connectivity index (χ3n) is 0.884. The average Bonchev–Trinajstić information content (AvgIpc) is 2.05. The predicted octanol–water partition coefficient (Wildman–Crippen LogP) is 1.82. The van der Waals surface area contributed by atoms with Crippen LogP contribution in [0.3, 0.4) is 0 Å². The lowest BCUT2D eigenvalue weighted by Gasteiger charge is -1.87. The molecule has 0 radical (unpaired) electrons. The smallest absolute Gasteiger partial charge is 0.354 e. The molecular formula is C6H5Cl2NO3S. The second kappa shape index (κ2) is 6.97. The van der Waals surface area contributed by atoms with Crippen LogP contribution in [-0.2, 0) is 9.60 Å². The van der Waals surface area contributed by atoms with Gasteiger partial charge in [-0.3, -0.25) is 0 Å². The van der Waals surface area contributed by atoms with Crippen molar-refractivity contribution in [3.63, 3.8) is 0 Å². The Morgan fingerprint density at radius 2 is 2.08 bits per heavy atom. The Bertz CT molecular complexity index is 255. The molecule has 0 aliphatic rings. The van der Waals surface area contributed by atoms with Gasteiger partial charge < -0.3 is 9.66 Å². The lowest BCUT2D eigenvalue weighted by molar-refractivity contribution is 0.0690. The van der Waals surface area contributed by atoms with Gasteiger partial charge in [-0.25, -0.2) is 9.78 Å². The lowest BCUT2D eigenvalue weighted by atomic mass is 10.4. The van der Waals surface area contributed by atoms with Gasteiger partial charge in [-0.2, -0.15) is 0 Å². The number of pyridine rings is 1. The normalized spacial score (nSPS) is 8.92. The Hall–Kier alpha value is -0.490. The number of carboxylic acids is 1. The van der Waals surface area contributed by atoms with Crippen LogP contribution in [0.5, 0.6) is 0 Å². The topological polar surface area (TPSA) is 73.2 Å². The summed E-state index contributed by atoms with van der Waals surface area (Å²) in [5.41, 5.74) is 0.0810. The predicted molar refractivity (Wildman–Crippen MR) is 51.0 cm³/mol. The van der Waals surface area contributed by atoms with Crippen molar-refractivity contribution in [2.75, 3.05) is 0 Å². The number of carbonyl (C=O) groups is 1. The number of aromatic carboxylic acids is 1. The molecule has 0 aliphatic carbocycles. The minimum absolute atomic E-state index is 0.0810. The largest absolute Gasteiger partial charge is 0.582 e. The van der Waals surface area contributed by atoms with Crippen LogP contribution < -0.4 is 0 Å². The number of carboxylic acid groups (broad SMARTS) is 1. The molecule has 1 aromatic heterocycles. The fourth-order valence-corrected chi connectivity index (χ4v) is 0.489. The van der Waals surface area contributed by atoms with Crippen molar-refractivity contribution < 1.29 is 14.5 Å². The van der Waals surface area contributed by atoms with Gasteiger partial charge in [0.05, 0.1) is 0 Å². The van der Waals surface area contributed by atoms with Crippen LogP contribution in [0, 0.1) is 0 Å². The van der Waals surface area contributed by atoms with Gasteiger partial charge in [0, 0.05) is 6.20 Å². The fourth-order valence-electron chi connectivity index (χ4n) is 0.489. The molecule has 1 rings (SSSR count). The van der Waals surface area contributed by atoms with E-state index in [-0.39, 0.29) is 5.69 Å². The van der Waals surface area contributed by atoms with Gasteiger partial charge in [-0.1, -0.05) is 6.07 Å². The van der Waals surface area contributed by atoms with Crippen molar-refractivity contribution >= 4 is 36.9 Å². The highest BCUT2D eigenvalue weighted by Crippen LogP contribution is 1.98. The van der Waals surface area contributed by atoms with E-state index in [2.05, 4.69) is 26.3 Å². The Labute approximate surface area is 86.7 Å². The van der Waals surface area contributed by atoms with Gasteiger partial charge in [0.15, 0.2) is 31.0 Å². The van der Waals surface area contributed by atoms with E-state index >= 15 is 0 Å². The third-order valence-corrected chi connectivity index (χ3v) is 0.884. The van der Waals surface area contributed by atoms with E-state index < -0.39 is 15.6 Å². The minimum Gasteiger partial charge on any atom is -0.582 e. The molecule has 1 N–H and O–H groups in total. The second-order valence-electron chi connectivity index (χ2n) is 1.70. The highest BCUT2D eigenvalue weighted by Gasteiger charge is 1.98. The summed E-state index contributed by atoms with van der Waals surface area (Å²) in [6.07, 6.45) is 1.45. The summed E-state index contributed by atoms with van der Waals surface area (Å²) in [5, 5.41) is 8.32. The maximum atomic E-state index is 10.1. The standard InChI is InChI=1S/C6H5NO2.Cl2OS/c8-6(9)5-3-1-2-4-7-5;1-4(2)3/h1-4H,(H,8,9);. The molecule has 0 saturated carbocycles. The molecule has 0 unspecified atom stereocenters. The maximum absolute atomic E-state index is 10.1. The first-order chi connectivity index (χ1) is 6.04. The van der Waals surface area contributed by atoms with Crippen molar-refractivity contribution in [3.8, 4) is 0 Å². The first-order valence-corrected chi connectivity index (χ1v) is 5.73. The summed E-state index contributed by atoms with van der Waals surface area (Å²) in [4.78, 5) is 13.7.